The van der Waals surface area contributed by atoms with E-state index in [9.17, 15) is 18.5 Å². The number of carbonyl (C=O) groups is 1. The van der Waals surface area contributed by atoms with Gasteiger partial charge in [-0.15, -0.1) is 0 Å². The van der Waals surface area contributed by atoms with E-state index in [4.69, 9.17) is 9.84 Å². The van der Waals surface area contributed by atoms with Crippen LogP contribution in [0.3, 0.4) is 0 Å². The molecule has 8 nitrogen and oxygen atoms in total. The van der Waals surface area contributed by atoms with Crippen LogP contribution in [-0.2, 0) is 21.2 Å². The van der Waals surface area contributed by atoms with Gasteiger partial charge in [0.1, 0.15) is 29.7 Å². The fourth-order valence-electron chi connectivity index (χ4n) is 4.38. The van der Waals surface area contributed by atoms with Gasteiger partial charge >= 0.3 is 0 Å². The molecule has 1 atom stereocenters. The Labute approximate surface area is 227 Å². The van der Waals surface area contributed by atoms with Crippen LogP contribution in [0.5, 0.6) is 5.75 Å². The Bertz CT molecular complexity index is 1660. The van der Waals surface area contributed by atoms with Gasteiger partial charge in [-0.1, -0.05) is 60.7 Å². The number of aromatic nitrogens is 2. The molecule has 1 aromatic heterocycles. The highest BCUT2D eigenvalue weighted by Crippen LogP contribution is 2.29. The number of benzene rings is 3. The molecule has 0 bridgehead atoms. The van der Waals surface area contributed by atoms with Gasteiger partial charge in [0, 0.05) is 23.4 Å². The lowest BCUT2D eigenvalue weighted by Crippen LogP contribution is -2.36. The molecule has 1 fully saturated rings. The number of amides is 1. The van der Waals surface area contributed by atoms with Crippen molar-refractivity contribution in [3.05, 3.63) is 108 Å². The first-order valence-electron chi connectivity index (χ1n) is 12.5. The van der Waals surface area contributed by atoms with Crippen LogP contribution in [0.25, 0.3) is 23.0 Å². The molecule has 0 saturated carbocycles. The molecule has 5 rings (SSSR count). The number of rotatable bonds is 8. The fourth-order valence-corrected chi connectivity index (χ4v) is 6.05. The summed E-state index contributed by atoms with van der Waals surface area (Å²) in [5.41, 5.74) is 3.59. The topological polar surface area (TPSA) is 114 Å². The van der Waals surface area contributed by atoms with E-state index < -0.39 is 21.8 Å². The van der Waals surface area contributed by atoms with E-state index in [1.807, 2.05) is 91.0 Å². The quantitative estimate of drug-likeness (QED) is 0.264. The Morgan fingerprint density at radius 1 is 1.08 bits per heavy atom. The van der Waals surface area contributed by atoms with Crippen molar-refractivity contribution in [2.75, 3.05) is 11.5 Å². The summed E-state index contributed by atoms with van der Waals surface area (Å²) in [5.74, 6) is -0.0517. The van der Waals surface area contributed by atoms with Gasteiger partial charge in [-0.2, -0.15) is 10.4 Å². The summed E-state index contributed by atoms with van der Waals surface area (Å²) in [6.45, 7) is 0.408. The van der Waals surface area contributed by atoms with Gasteiger partial charge in [-0.3, -0.25) is 4.79 Å². The molecule has 0 unspecified atom stereocenters. The highest BCUT2D eigenvalue weighted by molar-refractivity contribution is 7.91. The second kappa shape index (κ2) is 11.4. The average Bonchev–Trinajstić information content (AvgIpc) is 3.54. The molecule has 1 amide bonds. The lowest BCUT2D eigenvalue weighted by Gasteiger charge is -2.10. The second-order valence-corrected chi connectivity index (χ2v) is 11.5. The fraction of sp³-hybridized carbons (Fsp3) is 0.167. The molecular formula is C30H26N4O4S. The Balaban J connectivity index is 1.47. The molecule has 0 aliphatic carbocycles. The van der Waals surface area contributed by atoms with E-state index in [0.717, 1.165) is 16.8 Å². The number of carbonyl (C=O) groups excluding carboxylic acids is 1. The zero-order valence-electron chi connectivity index (χ0n) is 21.0. The first-order chi connectivity index (χ1) is 18.9. The molecule has 0 spiro atoms. The molecule has 1 aliphatic rings. The van der Waals surface area contributed by atoms with Crippen LogP contribution in [-0.4, -0.2) is 41.7 Å². The molecule has 39 heavy (non-hydrogen) atoms. The van der Waals surface area contributed by atoms with Crippen molar-refractivity contribution in [3.63, 3.8) is 0 Å². The first-order valence-corrected chi connectivity index (χ1v) is 14.3. The minimum atomic E-state index is -3.17. The number of ether oxygens (including phenoxy) is 1. The average molecular weight is 539 g/mol. The maximum absolute atomic E-state index is 12.9. The highest BCUT2D eigenvalue weighted by Gasteiger charge is 2.29. The summed E-state index contributed by atoms with van der Waals surface area (Å²) in [7, 11) is -3.17. The SMILES string of the molecule is N#C/C(=C/c1cn(-c2ccccc2)nc1-c1cccc(OCc2ccccc2)c1)C(=O)N[C@@H]1CCS(=O)(=O)C1. The standard InChI is InChI=1S/C30H26N4O4S/c31-18-24(30(35)32-26-14-15-39(36,37)21-26)16-25-19-34(27-11-5-2-6-12-27)33-29(25)23-10-7-13-28(17-23)38-20-22-8-3-1-4-9-22/h1-13,16-17,19,26H,14-15,20-21H2,(H,32,35)/b24-16-/t26-/m1/s1. The van der Waals surface area contributed by atoms with Gasteiger partial charge in [-0.25, -0.2) is 13.1 Å². The first kappa shape index (κ1) is 25.9. The number of hydrogen-bond donors (Lipinski definition) is 1. The van der Waals surface area contributed by atoms with E-state index in [1.54, 1.807) is 10.9 Å². The van der Waals surface area contributed by atoms with Gasteiger partial charge in [0.05, 0.1) is 17.2 Å². The van der Waals surface area contributed by atoms with E-state index in [-0.39, 0.29) is 17.1 Å². The van der Waals surface area contributed by atoms with Crippen LogP contribution < -0.4 is 10.1 Å². The van der Waals surface area contributed by atoms with E-state index in [2.05, 4.69) is 5.32 Å². The second-order valence-electron chi connectivity index (χ2n) is 9.26. The summed E-state index contributed by atoms with van der Waals surface area (Å²) in [5, 5.41) is 17.3. The molecule has 2 heterocycles. The summed E-state index contributed by atoms with van der Waals surface area (Å²) in [6, 6.07) is 28.3. The zero-order valence-corrected chi connectivity index (χ0v) is 21.8. The third-order valence-electron chi connectivity index (χ3n) is 6.35. The summed E-state index contributed by atoms with van der Waals surface area (Å²) in [6.07, 6.45) is 3.57. The molecule has 1 aliphatic heterocycles. The predicted molar refractivity (Wildman–Crippen MR) is 149 cm³/mol. The van der Waals surface area contributed by atoms with Crippen LogP contribution in [0.15, 0.2) is 96.7 Å². The number of hydrogen-bond acceptors (Lipinski definition) is 6. The largest absolute Gasteiger partial charge is 0.489 e. The molecular weight excluding hydrogens is 512 g/mol. The number of nitriles is 1. The van der Waals surface area contributed by atoms with Crippen LogP contribution in [0.2, 0.25) is 0 Å². The molecule has 1 N–H and O–H groups in total. The third kappa shape index (κ3) is 6.43. The zero-order chi connectivity index (χ0) is 27.2. The van der Waals surface area contributed by atoms with Crippen molar-refractivity contribution in [3.8, 4) is 28.8 Å². The summed E-state index contributed by atoms with van der Waals surface area (Å²) >= 11 is 0. The van der Waals surface area contributed by atoms with Crippen molar-refractivity contribution < 1.29 is 17.9 Å². The van der Waals surface area contributed by atoms with Crippen molar-refractivity contribution in [2.45, 2.75) is 19.1 Å². The Morgan fingerprint density at radius 2 is 1.82 bits per heavy atom. The van der Waals surface area contributed by atoms with E-state index in [1.165, 1.54) is 6.08 Å². The molecule has 9 heteroatoms. The lowest BCUT2D eigenvalue weighted by molar-refractivity contribution is -0.117. The number of nitrogens with zero attached hydrogens (tertiary/aromatic N) is 3. The van der Waals surface area contributed by atoms with Gasteiger partial charge in [0.25, 0.3) is 5.91 Å². The number of nitrogens with one attached hydrogen (secondary N) is 1. The van der Waals surface area contributed by atoms with Crippen molar-refractivity contribution in [1.82, 2.24) is 15.1 Å². The molecule has 0 radical (unpaired) electrons. The van der Waals surface area contributed by atoms with Gasteiger partial charge in [0.2, 0.25) is 0 Å². The summed E-state index contributed by atoms with van der Waals surface area (Å²) in [4.78, 5) is 12.9. The van der Waals surface area contributed by atoms with E-state index in [0.29, 0.717) is 30.0 Å². The normalized spacial score (nSPS) is 16.4. The van der Waals surface area contributed by atoms with Crippen molar-refractivity contribution >= 4 is 21.8 Å². The number of sulfone groups is 1. The molecule has 196 valence electrons. The van der Waals surface area contributed by atoms with Crippen molar-refractivity contribution in [1.29, 1.82) is 5.26 Å². The van der Waals surface area contributed by atoms with Crippen LogP contribution in [0.4, 0.5) is 0 Å². The van der Waals surface area contributed by atoms with E-state index >= 15 is 0 Å². The van der Waals surface area contributed by atoms with Gasteiger partial charge in [0.15, 0.2) is 9.84 Å². The lowest BCUT2D eigenvalue weighted by atomic mass is 10.1. The maximum Gasteiger partial charge on any atom is 0.262 e. The van der Waals surface area contributed by atoms with Crippen LogP contribution >= 0.6 is 0 Å². The summed E-state index contributed by atoms with van der Waals surface area (Å²) < 4.78 is 31.3. The van der Waals surface area contributed by atoms with Gasteiger partial charge in [-0.05, 0) is 42.3 Å². The molecule has 3 aromatic carbocycles. The predicted octanol–water partition coefficient (Wildman–Crippen LogP) is 4.33. The maximum atomic E-state index is 12.9. The van der Waals surface area contributed by atoms with Crippen molar-refractivity contribution in [2.24, 2.45) is 0 Å². The highest BCUT2D eigenvalue weighted by atomic mass is 32.2. The Morgan fingerprint density at radius 3 is 2.51 bits per heavy atom. The van der Waals surface area contributed by atoms with Crippen LogP contribution in [0.1, 0.15) is 17.5 Å². The molecule has 1 saturated heterocycles. The van der Waals surface area contributed by atoms with Gasteiger partial charge < -0.3 is 10.1 Å². The minimum Gasteiger partial charge on any atom is -0.489 e. The Kier molecular flexibility index (Phi) is 7.57. The Hall–Kier alpha value is -4.68. The monoisotopic (exact) mass is 538 g/mol. The van der Waals surface area contributed by atoms with Crippen LogP contribution in [0, 0.1) is 11.3 Å². The minimum absolute atomic E-state index is 0.0280. The number of para-hydroxylation sites is 1. The smallest absolute Gasteiger partial charge is 0.262 e. The molecule has 4 aromatic rings. The third-order valence-corrected chi connectivity index (χ3v) is 8.12.